The van der Waals surface area contributed by atoms with Crippen LogP contribution in [0, 0.1) is 17.5 Å². The van der Waals surface area contributed by atoms with Gasteiger partial charge in [0.1, 0.15) is 17.5 Å². The molecule has 0 aliphatic rings. The smallest absolute Gasteiger partial charge is 0.129 e. The highest BCUT2D eigenvalue weighted by Crippen LogP contribution is 2.25. The Morgan fingerprint density at radius 1 is 1.00 bits per heavy atom. The van der Waals surface area contributed by atoms with E-state index in [0.29, 0.717) is 4.47 Å². The summed E-state index contributed by atoms with van der Waals surface area (Å²) in [7, 11) is 0. The molecule has 0 aromatic heterocycles. The van der Waals surface area contributed by atoms with Crippen LogP contribution >= 0.6 is 15.9 Å². The van der Waals surface area contributed by atoms with Crippen LogP contribution in [0.2, 0.25) is 0 Å². The lowest BCUT2D eigenvalue weighted by Gasteiger charge is -2.13. The Labute approximate surface area is 116 Å². The maximum Gasteiger partial charge on any atom is 0.129 e. The molecule has 0 aliphatic heterocycles. The van der Waals surface area contributed by atoms with Crippen molar-refractivity contribution in [3.05, 3.63) is 69.4 Å². The summed E-state index contributed by atoms with van der Waals surface area (Å²) in [5, 5.41) is 9.95. The van der Waals surface area contributed by atoms with E-state index in [2.05, 4.69) is 15.9 Å². The van der Waals surface area contributed by atoms with E-state index in [1.54, 1.807) is 0 Å². The van der Waals surface area contributed by atoms with Crippen molar-refractivity contribution in [2.45, 2.75) is 12.5 Å². The van der Waals surface area contributed by atoms with Gasteiger partial charge in [0.25, 0.3) is 0 Å². The van der Waals surface area contributed by atoms with E-state index in [0.717, 1.165) is 12.1 Å². The second-order valence-corrected chi connectivity index (χ2v) is 5.04. The number of hydrogen-bond donors (Lipinski definition) is 1. The fraction of sp³-hybridized carbons (Fsp3) is 0.143. The summed E-state index contributed by atoms with van der Waals surface area (Å²) in [6.07, 6.45) is -1.32. The van der Waals surface area contributed by atoms with Crippen LogP contribution in [0.1, 0.15) is 17.2 Å². The van der Waals surface area contributed by atoms with Crippen LogP contribution in [0.3, 0.4) is 0 Å². The molecular formula is C14H10BrF3O. The minimum Gasteiger partial charge on any atom is -0.388 e. The van der Waals surface area contributed by atoms with Gasteiger partial charge in [0, 0.05) is 22.5 Å². The van der Waals surface area contributed by atoms with E-state index in [9.17, 15) is 18.3 Å². The van der Waals surface area contributed by atoms with Gasteiger partial charge in [0.2, 0.25) is 0 Å². The average Bonchev–Trinajstić information content (AvgIpc) is 2.35. The fourth-order valence-electron chi connectivity index (χ4n) is 1.78. The second kappa shape index (κ2) is 5.75. The van der Waals surface area contributed by atoms with Crippen molar-refractivity contribution in [2.24, 2.45) is 0 Å². The van der Waals surface area contributed by atoms with E-state index in [1.807, 2.05) is 0 Å². The van der Waals surface area contributed by atoms with Crippen LogP contribution in [0.4, 0.5) is 13.2 Å². The molecule has 1 N–H and O–H groups in total. The van der Waals surface area contributed by atoms with E-state index in [4.69, 9.17) is 0 Å². The second-order valence-electron chi connectivity index (χ2n) is 4.12. The normalized spacial score (nSPS) is 12.5. The minimum absolute atomic E-state index is 0.0677. The molecule has 0 radical (unpaired) electrons. The molecule has 0 bridgehead atoms. The SMILES string of the molecule is OC(Cc1ccc(F)cc1F)c1cc(Br)ccc1F. The number of aliphatic hydroxyl groups excluding tert-OH is 1. The molecule has 100 valence electrons. The number of aliphatic hydroxyl groups is 1. The molecular weight excluding hydrogens is 321 g/mol. The van der Waals surface area contributed by atoms with Gasteiger partial charge in [-0.1, -0.05) is 22.0 Å². The van der Waals surface area contributed by atoms with E-state index in [-0.39, 0.29) is 17.5 Å². The quantitative estimate of drug-likeness (QED) is 0.896. The van der Waals surface area contributed by atoms with Crippen molar-refractivity contribution in [3.63, 3.8) is 0 Å². The largest absolute Gasteiger partial charge is 0.388 e. The molecule has 0 amide bonds. The predicted octanol–water partition coefficient (Wildman–Crippen LogP) is 4.14. The lowest BCUT2D eigenvalue weighted by molar-refractivity contribution is 0.172. The number of halogens is 4. The lowest BCUT2D eigenvalue weighted by atomic mass is 10.0. The Balaban J connectivity index is 2.25. The monoisotopic (exact) mass is 330 g/mol. The molecule has 0 heterocycles. The van der Waals surface area contributed by atoms with E-state index in [1.165, 1.54) is 24.3 Å². The Bertz CT molecular complexity index is 601. The predicted molar refractivity (Wildman–Crippen MR) is 69.1 cm³/mol. The number of benzene rings is 2. The maximum atomic E-state index is 13.6. The van der Waals surface area contributed by atoms with Crippen LogP contribution in [0.15, 0.2) is 40.9 Å². The first-order valence-electron chi connectivity index (χ1n) is 5.54. The van der Waals surface area contributed by atoms with E-state index < -0.39 is 23.6 Å². The molecule has 0 saturated heterocycles. The van der Waals surface area contributed by atoms with Crippen LogP contribution in [0.25, 0.3) is 0 Å². The van der Waals surface area contributed by atoms with Gasteiger partial charge in [-0.05, 0) is 29.8 Å². The summed E-state index contributed by atoms with van der Waals surface area (Å²) in [4.78, 5) is 0. The first kappa shape index (κ1) is 14.1. The summed E-state index contributed by atoms with van der Waals surface area (Å²) < 4.78 is 40.4. The molecule has 1 atom stereocenters. The Hall–Kier alpha value is -1.33. The van der Waals surface area contributed by atoms with Gasteiger partial charge in [-0.15, -0.1) is 0 Å². The molecule has 5 heteroatoms. The minimum atomic E-state index is -1.20. The molecule has 2 aromatic rings. The molecule has 0 spiro atoms. The Kier molecular flexibility index (Phi) is 4.27. The maximum absolute atomic E-state index is 13.6. The van der Waals surface area contributed by atoms with Crippen molar-refractivity contribution in [1.29, 1.82) is 0 Å². The summed E-state index contributed by atoms with van der Waals surface area (Å²) in [6, 6.07) is 7.22. The van der Waals surface area contributed by atoms with Crippen molar-refractivity contribution in [3.8, 4) is 0 Å². The van der Waals surface area contributed by atoms with Gasteiger partial charge in [0.15, 0.2) is 0 Å². The third-order valence-electron chi connectivity index (χ3n) is 2.75. The summed E-state index contributed by atoms with van der Waals surface area (Å²) in [5.74, 6) is -2.02. The first-order chi connectivity index (χ1) is 8.97. The average molecular weight is 331 g/mol. The molecule has 19 heavy (non-hydrogen) atoms. The Morgan fingerprint density at radius 2 is 1.74 bits per heavy atom. The third-order valence-corrected chi connectivity index (χ3v) is 3.24. The van der Waals surface area contributed by atoms with Crippen LogP contribution < -0.4 is 0 Å². The molecule has 1 unspecified atom stereocenters. The topological polar surface area (TPSA) is 20.2 Å². The first-order valence-corrected chi connectivity index (χ1v) is 6.33. The zero-order valence-corrected chi connectivity index (χ0v) is 11.3. The highest BCUT2D eigenvalue weighted by atomic mass is 79.9. The number of rotatable bonds is 3. The van der Waals surface area contributed by atoms with Gasteiger partial charge in [0.05, 0.1) is 6.10 Å². The molecule has 0 aliphatic carbocycles. The third kappa shape index (κ3) is 3.36. The summed E-state index contributed by atoms with van der Waals surface area (Å²) in [6.45, 7) is 0. The van der Waals surface area contributed by atoms with Gasteiger partial charge in [-0.25, -0.2) is 13.2 Å². The van der Waals surface area contributed by atoms with Crippen molar-refractivity contribution in [1.82, 2.24) is 0 Å². The van der Waals surface area contributed by atoms with E-state index >= 15 is 0 Å². The molecule has 2 aromatic carbocycles. The zero-order chi connectivity index (χ0) is 14.0. The van der Waals surface area contributed by atoms with Crippen molar-refractivity contribution >= 4 is 15.9 Å². The molecule has 0 saturated carbocycles. The van der Waals surface area contributed by atoms with Gasteiger partial charge in [-0.3, -0.25) is 0 Å². The fourth-order valence-corrected chi connectivity index (χ4v) is 2.15. The van der Waals surface area contributed by atoms with Gasteiger partial charge < -0.3 is 5.11 Å². The van der Waals surface area contributed by atoms with Crippen molar-refractivity contribution < 1.29 is 18.3 Å². The van der Waals surface area contributed by atoms with Gasteiger partial charge >= 0.3 is 0 Å². The number of hydrogen-bond acceptors (Lipinski definition) is 1. The highest BCUT2D eigenvalue weighted by molar-refractivity contribution is 9.10. The van der Waals surface area contributed by atoms with Crippen LogP contribution in [-0.2, 0) is 6.42 Å². The Morgan fingerprint density at radius 3 is 2.42 bits per heavy atom. The molecule has 2 rings (SSSR count). The van der Waals surface area contributed by atoms with Crippen molar-refractivity contribution in [2.75, 3.05) is 0 Å². The lowest BCUT2D eigenvalue weighted by Crippen LogP contribution is -2.06. The van der Waals surface area contributed by atoms with Crippen LogP contribution in [0.5, 0.6) is 0 Å². The highest BCUT2D eigenvalue weighted by Gasteiger charge is 2.16. The van der Waals surface area contributed by atoms with Gasteiger partial charge in [-0.2, -0.15) is 0 Å². The molecule has 1 nitrogen and oxygen atoms in total. The molecule has 0 fully saturated rings. The standard InChI is InChI=1S/C14H10BrF3O/c15-9-2-4-12(17)11(6-9)14(19)5-8-1-3-10(16)7-13(8)18/h1-4,6-7,14,19H,5H2. The van der Waals surface area contributed by atoms with Crippen LogP contribution in [-0.4, -0.2) is 5.11 Å². The summed E-state index contributed by atoms with van der Waals surface area (Å²) >= 11 is 3.17. The zero-order valence-electron chi connectivity index (χ0n) is 9.71. The summed E-state index contributed by atoms with van der Waals surface area (Å²) in [5.41, 5.74) is 0.200.